The number of allylic oxidation sites excluding steroid dienone is 1. The fraction of sp³-hybridized carbons (Fsp3) is 0.577. The molecule has 0 atom stereocenters. The van der Waals surface area contributed by atoms with E-state index in [0.29, 0.717) is 19.5 Å². The number of unbranched alkanes of at least 4 members (excludes halogenated alkanes) is 5. The molecule has 0 aliphatic rings. The lowest BCUT2D eigenvalue weighted by Crippen LogP contribution is -2.28. The van der Waals surface area contributed by atoms with Crippen molar-refractivity contribution in [3.8, 4) is 0 Å². The largest absolute Gasteiger partial charge is 0.389 e. The molecular weight excluding hydrogens is 398 g/mol. The van der Waals surface area contributed by atoms with Gasteiger partial charge in [0.05, 0.1) is 6.54 Å². The molecule has 4 N–H and O–H groups in total. The van der Waals surface area contributed by atoms with Gasteiger partial charge in [0.2, 0.25) is 5.91 Å². The molecule has 0 saturated heterocycles. The van der Waals surface area contributed by atoms with E-state index >= 15 is 0 Å². The number of carbonyl (C=O) groups is 1. The normalized spacial score (nSPS) is 11.2. The second kappa shape index (κ2) is 14.7. The van der Waals surface area contributed by atoms with Gasteiger partial charge in [-0.2, -0.15) is 0 Å². The van der Waals surface area contributed by atoms with Crippen LogP contribution in [0.4, 0.5) is 0 Å². The van der Waals surface area contributed by atoms with Crippen LogP contribution in [0.5, 0.6) is 0 Å². The van der Waals surface area contributed by atoms with Crippen LogP contribution in [-0.2, 0) is 17.9 Å². The van der Waals surface area contributed by atoms with Crippen molar-refractivity contribution in [1.82, 2.24) is 20.2 Å². The number of nitrogens with one attached hydrogen (secondary N) is 2. The van der Waals surface area contributed by atoms with Crippen molar-refractivity contribution in [2.45, 2.75) is 77.8 Å². The van der Waals surface area contributed by atoms with E-state index in [9.17, 15) is 4.79 Å². The number of amides is 1. The predicted octanol–water partition coefficient (Wildman–Crippen LogP) is 4.70. The van der Waals surface area contributed by atoms with Gasteiger partial charge in [-0.15, -0.1) is 0 Å². The Labute approximate surface area is 194 Å². The van der Waals surface area contributed by atoms with Crippen LogP contribution in [0.25, 0.3) is 10.9 Å². The van der Waals surface area contributed by atoms with Crippen molar-refractivity contribution in [3.63, 3.8) is 0 Å². The number of hydrazine groups is 1. The van der Waals surface area contributed by atoms with Gasteiger partial charge in [0.1, 0.15) is 0 Å². The van der Waals surface area contributed by atoms with Crippen molar-refractivity contribution in [2.24, 2.45) is 5.84 Å². The zero-order chi connectivity index (χ0) is 23.2. The number of hydrogen-bond donors (Lipinski definition) is 3. The van der Waals surface area contributed by atoms with Crippen molar-refractivity contribution in [1.29, 1.82) is 0 Å². The van der Waals surface area contributed by atoms with Gasteiger partial charge < -0.3 is 15.2 Å². The lowest BCUT2D eigenvalue weighted by atomic mass is 10.1. The van der Waals surface area contributed by atoms with E-state index in [2.05, 4.69) is 46.9 Å². The van der Waals surface area contributed by atoms with Crippen LogP contribution in [0.3, 0.4) is 0 Å². The highest BCUT2D eigenvalue weighted by molar-refractivity contribution is 5.82. The molecule has 32 heavy (non-hydrogen) atoms. The fourth-order valence-corrected chi connectivity index (χ4v) is 3.99. The standard InChI is InChI=1S/C26H43N5O/c1-4-5-6-8-13-22(2)28-17-11-7-12-18-29-26(32)16-19-31-24(21-30(3)27)20-23-14-9-10-15-25(23)31/h9-10,14-15,20,28H,2,4-8,11-13,16-19,21,27H2,1,3H3,(H,29,32). The number of fused-ring (bicyclic) bond motifs is 1. The summed E-state index contributed by atoms with van der Waals surface area (Å²) in [4.78, 5) is 12.3. The Hall–Kier alpha value is -2.31. The maximum atomic E-state index is 12.3. The van der Waals surface area contributed by atoms with E-state index in [1.807, 2.05) is 19.2 Å². The summed E-state index contributed by atoms with van der Waals surface area (Å²) in [6, 6.07) is 10.4. The first-order valence-corrected chi connectivity index (χ1v) is 12.2. The summed E-state index contributed by atoms with van der Waals surface area (Å²) in [5.41, 5.74) is 3.44. The molecule has 0 unspecified atom stereocenters. The molecule has 2 rings (SSSR count). The molecule has 1 heterocycles. The minimum Gasteiger partial charge on any atom is -0.389 e. The summed E-state index contributed by atoms with van der Waals surface area (Å²) in [6.45, 7) is 9.36. The summed E-state index contributed by atoms with van der Waals surface area (Å²) in [5.74, 6) is 5.97. The van der Waals surface area contributed by atoms with Crippen LogP contribution in [-0.4, -0.2) is 35.6 Å². The Morgan fingerprint density at radius 1 is 1.03 bits per heavy atom. The van der Waals surface area contributed by atoms with Crippen molar-refractivity contribution in [2.75, 3.05) is 20.1 Å². The van der Waals surface area contributed by atoms with E-state index in [1.54, 1.807) is 5.01 Å². The SMILES string of the molecule is C=C(CCCCCC)NCCCCCNC(=O)CCn1c(CN(C)N)cc2ccccc21. The van der Waals surface area contributed by atoms with Gasteiger partial charge in [-0.3, -0.25) is 10.6 Å². The first-order valence-electron chi connectivity index (χ1n) is 12.2. The van der Waals surface area contributed by atoms with Crippen LogP contribution < -0.4 is 16.5 Å². The summed E-state index contributed by atoms with van der Waals surface area (Å²) >= 11 is 0. The zero-order valence-corrected chi connectivity index (χ0v) is 20.2. The third-order valence-corrected chi connectivity index (χ3v) is 5.75. The molecule has 0 saturated carbocycles. The number of nitrogens with zero attached hydrogens (tertiary/aromatic N) is 2. The van der Waals surface area contributed by atoms with Crippen LogP contribution in [0, 0.1) is 0 Å². The molecule has 0 spiro atoms. The molecule has 0 aliphatic heterocycles. The Bertz CT molecular complexity index is 827. The quantitative estimate of drug-likeness (QED) is 0.189. The summed E-state index contributed by atoms with van der Waals surface area (Å²) in [6.07, 6.45) is 9.87. The van der Waals surface area contributed by atoms with Crippen molar-refractivity contribution in [3.05, 3.63) is 48.3 Å². The average molecular weight is 442 g/mol. The monoisotopic (exact) mass is 441 g/mol. The van der Waals surface area contributed by atoms with Gasteiger partial charge in [-0.05, 0) is 49.6 Å². The number of nitrogens with two attached hydrogens (primary N) is 1. The fourth-order valence-electron chi connectivity index (χ4n) is 3.99. The molecule has 2 aromatic rings. The number of aromatic nitrogens is 1. The predicted molar refractivity (Wildman–Crippen MR) is 135 cm³/mol. The van der Waals surface area contributed by atoms with E-state index in [1.165, 1.54) is 31.1 Å². The van der Waals surface area contributed by atoms with Crippen molar-refractivity contribution < 1.29 is 4.79 Å². The first-order chi connectivity index (χ1) is 15.5. The van der Waals surface area contributed by atoms with Crippen LogP contribution in [0.1, 0.15) is 70.4 Å². The third kappa shape index (κ3) is 9.45. The van der Waals surface area contributed by atoms with Gasteiger partial charge in [0, 0.05) is 50.0 Å². The summed E-state index contributed by atoms with van der Waals surface area (Å²) < 4.78 is 2.21. The molecule has 6 nitrogen and oxygen atoms in total. The summed E-state index contributed by atoms with van der Waals surface area (Å²) in [7, 11) is 1.85. The number of hydrogen-bond acceptors (Lipinski definition) is 4. The highest BCUT2D eigenvalue weighted by Gasteiger charge is 2.11. The minimum atomic E-state index is 0.105. The van der Waals surface area contributed by atoms with Gasteiger partial charge in [0.25, 0.3) is 0 Å². The van der Waals surface area contributed by atoms with Gasteiger partial charge in [-0.25, -0.2) is 5.01 Å². The number of aryl methyl sites for hydroxylation is 1. The van der Waals surface area contributed by atoms with E-state index < -0.39 is 0 Å². The molecule has 1 aromatic carbocycles. The van der Waals surface area contributed by atoms with Crippen LogP contribution in [0.15, 0.2) is 42.6 Å². The lowest BCUT2D eigenvalue weighted by molar-refractivity contribution is -0.121. The molecule has 0 fully saturated rings. The molecule has 0 aliphatic carbocycles. The molecule has 0 radical (unpaired) electrons. The van der Waals surface area contributed by atoms with E-state index in [4.69, 9.17) is 5.84 Å². The van der Waals surface area contributed by atoms with Crippen LogP contribution in [0.2, 0.25) is 0 Å². The Morgan fingerprint density at radius 3 is 2.50 bits per heavy atom. The van der Waals surface area contributed by atoms with E-state index in [-0.39, 0.29) is 5.91 Å². The Morgan fingerprint density at radius 2 is 1.75 bits per heavy atom. The molecule has 1 amide bonds. The molecule has 0 bridgehead atoms. The highest BCUT2D eigenvalue weighted by atomic mass is 16.1. The molecular formula is C26H43N5O. The maximum absolute atomic E-state index is 12.3. The van der Waals surface area contributed by atoms with Gasteiger partial charge in [-0.1, -0.05) is 51.0 Å². The number of rotatable bonds is 17. The average Bonchev–Trinajstić information content (AvgIpc) is 3.10. The second-order valence-corrected chi connectivity index (χ2v) is 8.76. The van der Waals surface area contributed by atoms with Gasteiger partial charge in [0.15, 0.2) is 0 Å². The molecule has 178 valence electrons. The Kier molecular flexibility index (Phi) is 11.9. The maximum Gasteiger partial charge on any atom is 0.221 e. The zero-order valence-electron chi connectivity index (χ0n) is 20.2. The molecule has 1 aromatic heterocycles. The number of para-hydroxylation sites is 1. The highest BCUT2D eigenvalue weighted by Crippen LogP contribution is 2.21. The smallest absolute Gasteiger partial charge is 0.221 e. The summed E-state index contributed by atoms with van der Waals surface area (Å²) in [5, 5.41) is 9.35. The van der Waals surface area contributed by atoms with Gasteiger partial charge >= 0.3 is 0 Å². The Balaban J connectivity index is 1.61. The minimum absolute atomic E-state index is 0.105. The second-order valence-electron chi connectivity index (χ2n) is 8.76. The topological polar surface area (TPSA) is 75.3 Å². The van der Waals surface area contributed by atoms with Crippen molar-refractivity contribution >= 4 is 16.8 Å². The van der Waals surface area contributed by atoms with Crippen LogP contribution >= 0.6 is 0 Å². The lowest BCUT2D eigenvalue weighted by Gasteiger charge is -2.14. The van der Waals surface area contributed by atoms with E-state index in [0.717, 1.165) is 55.7 Å². The number of carbonyl (C=O) groups excluding carboxylic acids is 1. The first kappa shape index (κ1) is 25.9. The third-order valence-electron chi connectivity index (χ3n) is 5.75. The molecule has 6 heteroatoms. The number of benzene rings is 1.